The summed E-state index contributed by atoms with van der Waals surface area (Å²) in [5, 5.41) is 5.52. The van der Waals surface area contributed by atoms with Gasteiger partial charge in [-0.15, -0.1) is 0 Å². The van der Waals surface area contributed by atoms with Crippen LogP contribution in [0.3, 0.4) is 0 Å². The number of amides is 2. The number of nitrogens with one attached hydrogen (secondary N) is 2. The number of aromatic nitrogens is 2. The average Bonchev–Trinajstić information content (AvgIpc) is 2.73. The van der Waals surface area contributed by atoms with Crippen molar-refractivity contribution in [2.24, 2.45) is 0 Å². The Labute approximate surface area is 157 Å². The Morgan fingerprint density at radius 3 is 2.67 bits per heavy atom. The SMILES string of the molecule is COc1ccc(CNC(=O)Nc2cc(N3CCOCC3)ncn2)cc1OC. The van der Waals surface area contributed by atoms with Gasteiger partial charge in [0.1, 0.15) is 18.0 Å². The minimum atomic E-state index is -0.351. The fourth-order valence-electron chi connectivity index (χ4n) is 2.71. The van der Waals surface area contributed by atoms with E-state index in [1.165, 1.54) is 6.33 Å². The molecule has 3 rings (SSSR count). The zero-order chi connectivity index (χ0) is 19.1. The lowest BCUT2D eigenvalue weighted by Crippen LogP contribution is -2.37. The zero-order valence-corrected chi connectivity index (χ0v) is 15.4. The molecule has 0 atom stereocenters. The predicted octanol–water partition coefficient (Wildman–Crippen LogP) is 1.65. The highest BCUT2D eigenvalue weighted by atomic mass is 16.5. The molecule has 9 heteroatoms. The summed E-state index contributed by atoms with van der Waals surface area (Å²) in [5.74, 6) is 2.46. The summed E-state index contributed by atoms with van der Waals surface area (Å²) < 4.78 is 15.8. The molecule has 1 fully saturated rings. The second-order valence-electron chi connectivity index (χ2n) is 5.86. The van der Waals surface area contributed by atoms with E-state index in [0.717, 1.165) is 24.5 Å². The van der Waals surface area contributed by atoms with E-state index in [1.807, 2.05) is 12.1 Å². The van der Waals surface area contributed by atoms with Gasteiger partial charge in [0.25, 0.3) is 0 Å². The smallest absolute Gasteiger partial charge is 0.320 e. The quantitative estimate of drug-likeness (QED) is 0.794. The van der Waals surface area contributed by atoms with Gasteiger partial charge < -0.3 is 24.4 Å². The number of nitrogens with zero attached hydrogens (tertiary/aromatic N) is 3. The van der Waals surface area contributed by atoms with Crippen LogP contribution in [0.4, 0.5) is 16.4 Å². The fourth-order valence-corrected chi connectivity index (χ4v) is 2.71. The van der Waals surface area contributed by atoms with Crippen LogP contribution in [0, 0.1) is 0 Å². The van der Waals surface area contributed by atoms with Crippen LogP contribution in [-0.2, 0) is 11.3 Å². The molecule has 0 saturated carbocycles. The van der Waals surface area contributed by atoms with Gasteiger partial charge in [-0.3, -0.25) is 5.32 Å². The maximum atomic E-state index is 12.2. The fraction of sp³-hybridized carbons (Fsp3) is 0.389. The first-order valence-electron chi connectivity index (χ1n) is 8.60. The lowest BCUT2D eigenvalue weighted by atomic mass is 10.2. The number of urea groups is 1. The molecule has 1 saturated heterocycles. The molecular formula is C18H23N5O4. The third-order valence-electron chi connectivity index (χ3n) is 4.13. The van der Waals surface area contributed by atoms with Crippen molar-refractivity contribution in [2.75, 3.05) is 50.7 Å². The van der Waals surface area contributed by atoms with E-state index >= 15 is 0 Å². The lowest BCUT2D eigenvalue weighted by Gasteiger charge is -2.27. The Hall–Kier alpha value is -3.07. The number of carbonyl (C=O) groups is 1. The minimum absolute atomic E-state index is 0.341. The van der Waals surface area contributed by atoms with Crippen molar-refractivity contribution in [3.05, 3.63) is 36.2 Å². The van der Waals surface area contributed by atoms with E-state index in [4.69, 9.17) is 14.2 Å². The van der Waals surface area contributed by atoms with Gasteiger partial charge in [0.05, 0.1) is 27.4 Å². The monoisotopic (exact) mass is 373 g/mol. The van der Waals surface area contributed by atoms with Crippen LogP contribution < -0.4 is 25.0 Å². The molecule has 9 nitrogen and oxygen atoms in total. The Kier molecular flexibility index (Phi) is 6.26. The van der Waals surface area contributed by atoms with E-state index in [-0.39, 0.29) is 6.03 Å². The Morgan fingerprint density at radius 1 is 1.15 bits per heavy atom. The molecule has 1 aliphatic heterocycles. The highest BCUT2D eigenvalue weighted by Crippen LogP contribution is 2.27. The van der Waals surface area contributed by atoms with Crippen molar-refractivity contribution in [1.82, 2.24) is 15.3 Å². The molecule has 0 aliphatic carbocycles. The first-order valence-corrected chi connectivity index (χ1v) is 8.60. The summed E-state index contributed by atoms with van der Waals surface area (Å²) >= 11 is 0. The average molecular weight is 373 g/mol. The second kappa shape index (κ2) is 9.04. The van der Waals surface area contributed by atoms with E-state index in [2.05, 4.69) is 25.5 Å². The third kappa shape index (κ3) is 4.98. The van der Waals surface area contributed by atoms with Crippen molar-refractivity contribution < 1.29 is 19.0 Å². The number of rotatable bonds is 6. The highest BCUT2D eigenvalue weighted by Gasteiger charge is 2.14. The van der Waals surface area contributed by atoms with Gasteiger partial charge in [0, 0.05) is 25.7 Å². The molecule has 1 aromatic heterocycles. The number of benzene rings is 1. The van der Waals surface area contributed by atoms with Crippen LogP contribution in [0.1, 0.15) is 5.56 Å². The molecule has 1 aliphatic rings. The molecular weight excluding hydrogens is 350 g/mol. The van der Waals surface area contributed by atoms with Gasteiger partial charge in [-0.05, 0) is 17.7 Å². The van der Waals surface area contributed by atoms with Crippen molar-refractivity contribution in [3.8, 4) is 11.5 Å². The summed E-state index contributed by atoms with van der Waals surface area (Å²) in [4.78, 5) is 22.6. The molecule has 2 aromatic rings. The predicted molar refractivity (Wildman–Crippen MR) is 100 cm³/mol. The summed E-state index contributed by atoms with van der Waals surface area (Å²) in [6, 6.07) is 6.88. The molecule has 2 heterocycles. The van der Waals surface area contributed by atoms with Crippen LogP contribution in [-0.4, -0.2) is 56.5 Å². The van der Waals surface area contributed by atoms with Crippen LogP contribution in [0.25, 0.3) is 0 Å². The number of anilines is 2. The summed E-state index contributed by atoms with van der Waals surface area (Å²) in [7, 11) is 3.15. The van der Waals surface area contributed by atoms with Crippen molar-refractivity contribution in [2.45, 2.75) is 6.54 Å². The van der Waals surface area contributed by atoms with E-state index in [9.17, 15) is 4.79 Å². The van der Waals surface area contributed by atoms with Crippen molar-refractivity contribution in [1.29, 1.82) is 0 Å². The van der Waals surface area contributed by atoms with Gasteiger partial charge in [0.15, 0.2) is 11.5 Å². The molecule has 0 spiro atoms. The van der Waals surface area contributed by atoms with Crippen molar-refractivity contribution >= 4 is 17.7 Å². The van der Waals surface area contributed by atoms with Gasteiger partial charge >= 0.3 is 6.03 Å². The Balaban J connectivity index is 1.56. The summed E-state index contributed by atoms with van der Waals surface area (Å²) in [6.07, 6.45) is 1.44. The minimum Gasteiger partial charge on any atom is -0.493 e. The summed E-state index contributed by atoms with van der Waals surface area (Å²) in [6.45, 7) is 3.20. The normalized spacial score (nSPS) is 13.8. The molecule has 0 unspecified atom stereocenters. The van der Waals surface area contributed by atoms with Crippen LogP contribution in [0.5, 0.6) is 11.5 Å². The number of hydrogen-bond acceptors (Lipinski definition) is 7. The zero-order valence-electron chi connectivity index (χ0n) is 15.4. The van der Waals surface area contributed by atoms with E-state index in [0.29, 0.717) is 37.1 Å². The Bertz CT molecular complexity index is 780. The third-order valence-corrected chi connectivity index (χ3v) is 4.13. The number of morpholine rings is 1. The topological polar surface area (TPSA) is 97.8 Å². The van der Waals surface area contributed by atoms with E-state index < -0.39 is 0 Å². The van der Waals surface area contributed by atoms with Gasteiger partial charge in [-0.25, -0.2) is 14.8 Å². The van der Waals surface area contributed by atoms with Gasteiger partial charge in [0.2, 0.25) is 0 Å². The van der Waals surface area contributed by atoms with Crippen LogP contribution in [0.2, 0.25) is 0 Å². The largest absolute Gasteiger partial charge is 0.493 e. The Morgan fingerprint density at radius 2 is 1.93 bits per heavy atom. The number of methoxy groups -OCH3 is 2. The first kappa shape index (κ1) is 18.7. The first-order chi connectivity index (χ1) is 13.2. The molecule has 144 valence electrons. The van der Waals surface area contributed by atoms with Crippen molar-refractivity contribution in [3.63, 3.8) is 0 Å². The van der Waals surface area contributed by atoms with E-state index in [1.54, 1.807) is 26.4 Å². The molecule has 1 aromatic carbocycles. The standard InChI is InChI=1S/C18H23N5O4/c1-25-14-4-3-13(9-15(14)26-2)11-19-18(24)22-16-10-17(21-12-20-16)23-5-7-27-8-6-23/h3-4,9-10,12H,5-8,11H2,1-2H3,(H2,19,20,21,22,24). The summed E-state index contributed by atoms with van der Waals surface area (Å²) in [5.41, 5.74) is 0.888. The lowest BCUT2D eigenvalue weighted by molar-refractivity contribution is 0.122. The number of ether oxygens (including phenoxy) is 3. The second-order valence-corrected chi connectivity index (χ2v) is 5.86. The van der Waals surface area contributed by atoms with Gasteiger partial charge in [-0.1, -0.05) is 6.07 Å². The molecule has 27 heavy (non-hydrogen) atoms. The molecule has 2 amide bonds. The molecule has 0 bridgehead atoms. The highest BCUT2D eigenvalue weighted by molar-refractivity contribution is 5.88. The number of carbonyl (C=O) groups excluding carboxylic acids is 1. The molecule has 0 radical (unpaired) electrons. The van der Waals surface area contributed by atoms with Gasteiger partial charge in [-0.2, -0.15) is 0 Å². The van der Waals surface area contributed by atoms with Crippen LogP contribution >= 0.6 is 0 Å². The van der Waals surface area contributed by atoms with Crippen LogP contribution in [0.15, 0.2) is 30.6 Å². The molecule has 2 N–H and O–H groups in total. The number of hydrogen-bond donors (Lipinski definition) is 2. The maximum absolute atomic E-state index is 12.2. The maximum Gasteiger partial charge on any atom is 0.320 e.